The number of nitrogens with one attached hydrogen (secondary N) is 1. The first kappa shape index (κ1) is 26.6. The molecule has 3 amide bonds. The van der Waals surface area contributed by atoms with Crippen molar-refractivity contribution in [2.75, 3.05) is 24.5 Å². The summed E-state index contributed by atoms with van der Waals surface area (Å²) in [5, 5.41) is 7.36. The van der Waals surface area contributed by atoms with Gasteiger partial charge in [0.15, 0.2) is 5.82 Å². The van der Waals surface area contributed by atoms with E-state index < -0.39 is 11.6 Å². The number of halogens is 1. The van der Waals surface area contributed by atoms with Crippen molar-refractivity contribution in [3.05, 3.63) is 23.5 Å². The maximum absolute atomic E-state index is 15.4. The highest BCUT2D eigenvalue weighted by Gasteiger charge is 2.34. The van der Waals surface area contributed by atoms with Gasteiger partial charge in [-0.1, -0.05) is 0 Å². The highest BCUT2D eigenvalue weighted by molar-refractivity contribution is 6.08. The van der Waals surface area contributed by atoms with Crippen LogP contribution in [0.25, 0.3) is 10.9 Å². The van der Waals surface area contributed by atoms with E-state index in [1.807, 2.05) is 26.8 Å². The second kappa shape index (κ2) is 10.3. The van der Waals surface area contributed by atoms with Gasteiger partial charge in [0.2, 0.25) is 5.91 Å². The average Bonchev–Trinajstić information content (AvgIpc) is 3.17. The van der Waals surface area contributed by atoms with Gasteiger partial charge < -0.3 is 9.64 Å². The van der Waals surface area contributed by atoms with Crippen LogP contribution in [0.1, 0.15) is 77.2 Å². The Morgan fingerprint density at radius 2 is 1.74 bits per heavy atom. The van der Waals surface area contributed by atoms with Crippen molar-refractivity contribution >= 4 is 34.6 Å². The molecule has 1 saturated carbocycles. The molecule has 2 saturated heterocycles. The van der Waals surface area contributed by atoms with Gasteiger partial charge >= 0.3 is 12.0 Å². The number of benzene rings is 1. The predicted molar refractivity (Wildman–Crippen MR) is 141 cm³/mol. The van der Waals surface area contributed by atoms with Crippen molar-refractivity contribution in [3.63, 3.8) is 0 Å². The lowest BCUT2D eigenvalue weighted by Crippen LogP contribution is -2.49. The molecule has 3 heterocycles. The number of imide groups is 1. The number of urea groups is 1. The number of fused-ring (bicyclic) bond motifs is 1. The largest absolute Gasteiger partial charge is 0.460 e. The summed E-state index contributed by atoms with van der Waals surface area (Å²) >= 11 is 0. The highest BCUT2D eigenvalue weighted by Crippen LogP contribution is 2.37. The van der Waals surface area contributed by atoms with E-state index >= 15 is 4.39 Å². The van der Waals surface area contributed by atoms with Gasteiger partial charge in [0, 0.05) is 31.4 Å². The Morgan fingerprint density at radius 1 is 1.05 bits per heavy atom. The molecule has 0 unspecified atom stereocenters. The number of rotatable bonds is 4. The molecule has 2 aromatic rings. The first-order valence-electron chi connectivity index (χ1n) is 13.7. The normalized spacial score (nSPS) is 24.1. The van der Waals surface area contributed by atoms with Gasteiger partial charge in [0.1, 0.15) is 11.4 Å². The lowest BCUT2D eigenvalue weighted by Gasteiger charge is -2.40. The third kappa shape index (κ3) is 5.41. The number of carbonyl (C=O) groups excluding carboxylic acids is 3. The predicted octanol–water partition coefficient (Wildman–Crippen LogP) is 4.24. The smallest absolute Gasteiger partial charge is 0.329 e. The van der Waals surface area contributed by atoms with Gasteiger partial charge in [-0.05, 0) is 96.0 Å². The summed E-state index contributed by atoms with van der Waals surface area (Å²) in [7, 11) is 1.79. The molecule has 38 heavy (non-hydrogen) atoms. The van der Waals surface area contributed by atoms with Crippen molar-refractivity contribution in [3.8, 4) is 0 Å². The fourth-order valence-electron chi connectivity index (χ4n) is 6.19. The van der Waals surface area contributed by atoms with Crippen LogP contribution in [-0.2, 0) is 21.4 Å². The van der Waals surface area contributed by atoms with Crippen LogP contribution in [-0.4, -0.2) is 63.9 Å². The summed E-state index contributed by atoms with van der Waals surface area (Å²) in [5.41, 5.74) is 1.01. The van der Waals surface area contributed by atoms with Crippen LogP contribution in [0.15, 0.2) is 12.1 Å². The number of likely N-dealkylation sites (tertiary alicyclic amines) is 1. The topological polar surface area (TPSA) is 96.8 Å². The number of carbonyl (C=O) groups is 3. The highest BCUT2D eigenvalue weighted by atomic mass is 19.1. The van der Waals surface area contributed by atoms with Gasteiger partial charge in [-0.15, -0.1) is 0 Å². The van der Waals surface area contributed by atoms with Crippen LogP contribution < -0.4 is 10.2 Å². The number of aryl methyl sites for hydroxylation is 1. The second-order valence-electron chi connectivity index (χ2n) is 11.9. The van der Waals surface area contributed by atoms with Crippen LogP contribution in [0.4, 0.5) is 15.0 Å². The summed E-state index contributed by atoms with van der Waals surface area (Å²) in [6, 6.07) is 3.30. The van der Waals surface area contributed by atoms with E-state index in [0.29, 0.717) is 22.8 Å². The molecular formula is C28H38FN5O4. The van der Waals surface area contributed by atoms with Gasteiger partial charge in [-0.3, -0.25) is 24.5 Å². The third-order valence-corrected chi connectivity index (χ3v) is 8.18. The standard InChI is InChI=1S/C28H38FN5O4/c1-28(2,3)38-26(36)18-5-7-19(8-6-18)33-12-9-17(10-13-33)20-16-23-21(15-22(20)29)25(31-32(23)4)34-14-11-24(35)30-27(34)37/h15-19H,5-14H2,1-4H3,(H,30,35,37). The minimum atomic E-state index is -0.529. The van der Waals surface area contributed by atoms with Crippen LogP contribution in [0, 0.1) is 11.7 Å². The van der Waals surface area contributed by atoms with Crippen LogP contribution in [0.5, 0.6) is 0 Å². The van der Waals surface area contributed by atoms with Crippen molar-refractivity contribution in [1.29, 1.82) is 0 Å². The van der Waals surface area contributed by atoms with Crippen molar-refractivity contribution in [2.45, 2.75) is 83.3 Å². The molecule has 1 N–H and O–H groups in total. The zero-order chi connectivity index (χ0) is 27.2. The number of piperidine rings is 1. The molecule has 0 radical (unpaired) electrons. The Bertz CT molecular complexity index is 1240. The summed E-state index contributed by atoms with van der Waals surface area (Å²) in [5.74, 6) is -0.200. The monoisotopic (exact) mass is 527 g/mol. The number of esters is 1. The summed E-state index contributed by atoms with van der Waals surface area (Å²) in [6.45, 7) is 7.75. The van der Waals surface area contributed by atoms with Crippen molar-refractivity contribution < 1.29 is 23.5 Å². The fourth-order valence-corrected chi connectivity index (χ4v) is 6.19. The van der Waals surface area contributed by atoms with E-state index in [1.165, 1.54) is 11.0 Å². The average molecular weight is 528 g/mol. The second-order valence-corrected chi connectivity index (χ2v) is 11.9. The molecule has 0 bridgehead atoms. The summed E-state index contributed by atoms with van der Waals surface area (Å²) in [4.78, 5) is 40.3. The van der Waals surface area contributed by atoms with E-state index in [-0.39, 0.29) is 42.5 Å². The molecule has 206 valence electrons. The van der Waals surface area contributed by atoms with E-state index in [9.17, 15) is 14.4 Å². The van der Waals surface area contributed by atoms with Gasteiger partial charge in [0.25, 0.3) is 0 Å². The molecule has 0 atom stereocenters. The number of aromatic nitrogens is 2. The Hall–Kier alpha value is -3.01. The van der Waals surface area contributed by atoms with Crippen LogP contribution >= 0.6 is 0 Å². The minimum absolute atomic E-state index is 0.0101. The SMILES string of the molecule is Cn1nc(N2CCC(=O)NC2=O)c2cc(F)c(C3CCN(C4CCC(C(=O)OC(C)(C)C)CC4)CC3)cc21. The van der Waals surface area contributed by atoms with E-state index in [1.54, 1.807) is 11.7 Å². The maximum atomic E-state index is 15.4. The molecular weight excluding hydrogens is 489 g/mol. The van der Waals surface area contributed by atoms with Gasteiger partial charge in [-0.25, -0.2) is 9.18 Å². The van der Waals surface area contributed by atoms with Crippen LogP contribution in [0.3, 0.4) is 0 Å². The van der Waals surface area contributed by atoms with Crippen LogP contribution in [0.2, 0.25) is 0 Å². The molecule has 1 aliphatic carbocycles. The van der Waals surface area contributed by atoms with Crippen molar-refractivity contribution in [2.24, 2.45) is 13.0 Å². The first-order chi connectivity index (χ1) is 18.0. The maximum Gasteiger partial charge on any atom is 0.329 e. The molecule has 2 aliphatic heterocycles. The number of amides is 3. The lowest BCUT2D eigenvalue weighted by atomic mass is 9.83. The molecule has 9 nitrogen and oxygen atoms in total. The van der Waals surface area contributed by atoms with E-state index in [0.717, 1.165) is 57.1 Å². The number of hydrogen-bond donors (Lipinski definition) is 1. The Morgan fingerprint density at radius 3 is 2.37 bits per heavy atom. The zero-order valence-electron chi connectivity index (χ0n) is 22.8. The number of nitrogens with zero attached hydrogens (tertiary/aromatic N) is 4. The quantitative estimate of drug-likeness (QED) is 0.598. The number of hydrogen-bond acceptors (Lipinski definition) is 6. The zero-order valence-corrected chi connectivity index (χ0v) is 22.8. The molecule has 1 aromatic carbocycles. The molecule has 1 aromatic heterocycles. The van der Waals surface area contributed by atoms with E-state index in [2.05, 4.69) is 15.3 Å². The van der Waals surface area contributed by atoms with E-state index in [4.69, 9.17) is 4.74 Å². The first-order valence-corrected chi connectivity index (χ1v) is 13.7. The lowest BCUT2D eigenvalue weighted by molar-refractivity contribution is -0.161. The van der Waals surface area contributed by atoms with Gasteiger partial charge in [0.05, 0.1) is 11.4 Å². The molecule has 10 heteroatoms. The molecule has 5 rings (SSSR count). The summed E-state index contributed by atoms with van der Waals surface area (Å²) in [6.07, 6.45) is 5.62. The number of anilines is 1. The Labute approximate surface area is 222 Å². The van der Waals surface area contributed by atoms with Gasteiger partial charge in [-0.2, -0.15) is 5.10 Å². The number of ether oxygens (including phenoxy) is 1. The van der Waals surface area contributed by atoms with Crippen molar-refractivity contribution in [1.82, 2.24) is 20.0 Å². The molecule has 3 fully saturated rings. The summed E-state index contributed by atoms with van der Waals surface area (Å²) < 4.78 is 22.7. The molecule has 3 aliphatic rings. The Kier molecular flexibility index (Phi) is 7.19. The minimum Gasteiger partial charge on any atom is -0.460 e. The fraction of sp³-hybridized carbons (Fsp3) is 0.643. The third-order valence-electron chi connectivity index (χ3n) is 8.18. The molecule has 0 spiro atoms. The Balaban J connectivity index is 1.22.